The van der Waals surface area contributed by atoms with Crippen LogP contribution in [0.5, 0.6) is 0 Å². The van der Waals surface area contributed by atoms with Crippen LogP contribution in [0.15, 0.2) is 91.3 Å². The first-order chi connectivity index (χ1) is 18.5. The lowest BCUT2D eigenvalue weighted by molar-refractivity contribution is 0.102. The molecule has 5 aromatic rings. The molecule has 7 heteroatoms. The number of carbonyl (C=O) groups is 1. The average Bonchev–Trinajstić information content (AvgIpc) is 2.90. The van der Waals surface area contributed by atoms with Crippen LogP contribution in [-0.2, 0) is 6.54 Å². The summed E-state index contributed by atoms with van der Waals surface area (Å²) in [7, 11) is 1.94. The zero-order valence-corrected chi connectivity index (χ0v) is 21.7. The molecular weight excluding hydrogens is 472 g/mol. The van der Waals surface area contributed by atoms with Gasteiger partial charge in [0, 0.05) is 64.0 Å². The number of aromatic nitrogens is 2. The Balaban J connectivity index is 1.33. The highest BCUT2D eigenvalue weighted by Gasteiger charge is 2.10. The van der Waals surface area contributed by atoms with Crippen LogP contribution in [0.1, 0.15) is 27.2 Å². The highest BCUT2D eigenvalue weighted by molar-refractivity contribution is 6.05. The number of carbonyl (C=O) groups excluding carboxylic acids is 1. The Hall–Kier alpha value is -4.75. The number of hydrogen-bond donors (Lipinski definition) is 4. The van der Waals surface area contributed by atoms with Crippen molar-refractivity contribution in [3.05, 3.63) is 114 Å². The van der Waals surface area contributed by atoms with Gasteiger partial charge in [-0.3, -0.25) is 14.8 Å². The molecule has 0 aliphatic carbocycles. The lowest BCUT2D eigenvalue weighted by Crippen LogP contribution is -2.12. The van der Waals surface area contributed by atoms with Crippen LogP contribution in [0.25, 0.3) is 10.9 Å². The maximum absolute atomic E-state index is 13.1. The number of hydrogen-bond acceptors (Lipinski definition) is 6. The lowest BCUT2D eigenvalue weighted by Gasteiger charge is -2.14. The van der Waals surface area contributed by atoms with Gasteiger partial charge in [-0.15, -0.1) is 0 Å². The van der Waals surface area contributed by atoms with Gasteiger partial charge in [0.15, 0.2) is 0 Å². The van der Waals surface area contributed by atoms with Crippen molar-refractivity contribution in [3.8, 4) is 0 Å². The number of rotatable bonds is 8. The van der Waals surface area contributed by atoms with Gasteiger partial charge in [-0.2, -0.15) is 0 Å². The van der Waals surface area contributed by atoms with Crippen molar-refractivity contribution in [2.75, 3.05) is 23.0 Å². The van der Waals surface area contributed by atoms with E-state index in [1.165, 1.54) is 11.1 Å². The fraction of sp³-hybridized carbons (Fsp3) is 0.129. The number of nitrogens with zero attached hydrogens (tertiary/aromatic N) is 2. The molecule has 38 heavy (non-hydrogen) atoms. The van der Waals surface area contributed by atoms with E-state index >= 15 is 0 Å². The molecule has 0 fully saturated rings. The second kappa shape index (κ2) is 11.1. The molecule has 1 amide bonds. The Kier molecular flexibility index (Phi) is 7.28. The molecular formula is C31H30N6O. The average molecular weight is 503 g/mol. The van der Waals surface area contributed by atoms with Gasteiger partial charge in [0.1, 0.15) is 0 Å². The van der Waals surface area contributed by atoms with Gasteiger partial charge in [-0.05, 0) is 98.8 Å². The number of fused-ring (bicyclic) bond motifs is 1. The molecule has 2 aromatic heterocycles. The van der Waals surface area contributed by atoms with Gasteiger partial charge in [-0.25, -0.2) is 0 Å². The van der Waals surface area contributed by atoms with Crippen LogP contribution in [0.4, 0.5) is 28.4 Å². The third-order valence-corrected chi connectivity index (χ3v) is 6.28. The normalized spacial score (nSPS) is 10.8. The summed E-state index contributed by atoms with van der Waals surface area (Å²) in [5.41, 5.74) is 9.13. The fourth-order valence-corrected chi connectivity index (χ4v) is 4.39. The molecule has 0 bridgehead atoms. The third-order valence-electron chi connectivity index (χ3n) is 6.28. The zero-order valence-electron chi connectivity index (χ0n) is 21.7. The summed E-state index contributed by atoms with van der Waals surface area (Å²) in [5, 5.41) is 14.1. The number of benzene rings is 3. The summed E-state index contributed by atoms with van der Waals surface area (Å²) in [6, 6.07) is 25.2. The molecule has 0 atom stereocenters. The van der Waals surface area contributed by atoms with E-state index in [0.717, 1.165) is 45.9 Å². The molecule has 5 rings (SSSR count). The molecule has 0 saturated carbocycles. The van der Waals surface area contributed by atoms with Crippen molar-refractivity contribution in [3.63, 3.8) is 0 Å². The van der Waals surface area contributed by atoms with E-state index in [0.29, 0.717) is 11.3 Å². The maximum atomic E-state index is 13.1. The van der Waals surface area contributed by atoms with Gasteiger partial charge in [0.2, 0.25) is 0 Å². The molecule has 0 aliphatic heterocycles. The van der Waals surface area contributed by atoms with Crippen molar-refractivity contribution in [2.45, 2.75) is 20.4 Å². The van der Waals surface area contributed by atoms with Crippen LogP contribution < -0.4 is 21.3 Å². The summed E-state index contributed by atoms with van der Waals surface area (Å²) >= 11 is 0. The lowest BCUT2D eigenvalue weighted by atomic mass is 10.0. The number of amides is 1. The molecule has 0 spiro atoms. The number of anilines is 5. The van der Waals surface area contributed by atoms with E-state index in [4.69, 9.17) is 0 Å². The van der Waals surface area contributed by atoms with Crippen LogP contribution in [0.3, 0.4) is 0 Å². The number of nitrogens with one attached hydrogen (secondary N) is 4. The quantitative estimate of drug-likeness (QED) is 0.189. The Labute approximate surface area is 222 Å². The van der Waals surface area contributed by atoms with Crippen LogP contribution in [0, 0.1) is 13.8 Å². The summed E-state index contributed by atoms with van der Waals surface area (Å²) < 4.78 is 0. The van der Waals surface area contributed by atoms with Crippen molar-refractivity contribution >= 4 is 45.2 Å². The second-order valence-corrected chi connectivity index (χ2v) is 9.24. The van der Waals surface area contributed by atoms with E-state index < -0.39 is 0 Å². The minimum atomic E-state index is -0.183. The molecule has 2 heterocycles. The van der Waals surface area contributed by atoms with E-state index in [2.05, 4.69) is 50.3 Å². The molecule has 0 unspecified atom stereocenters. The Morgan fingerprint density at radius 3 is 2.32 bits per heavy atom. The molecule has 4 N–H and O–H groups in total. The molecule has 0 aliphatic rings. The first kappa shape index (κ1) is 24.9. The van der Waals surface area contributed by atoms with Crippen molar-refractivity contribution < 1.29 is 4.79 Å². The van der Waals surface area contributed by atoms with Crippen LogP contribution in [-0.4, -0.2) is 22.9 Å². The Morgan fingerprint density at radius 1 is 0.763 bits per heavy atom. The summed E-state index contributed by atoms with van der Waals surface area (Å²) in [6.45, 7) is 4.83. The SMILES string of the molecule is CNCc1cc2c(Nc3cccc(C(=O)Nc4cccc(Nc5ccnc(C)c5)c4)c3)ccnc2cc1C. The first-order valence-electron chi connectivity index (χ1n) is 12.5. The van der Waals surface area contributed by atoms with Gasteiger partial charge in [0.05, 0.1) is 5.52 Å². The molecule has 7 nitrogen and oxygen atoms in total. The predicted octanol–water partition coefficient (Wildman–Crippen LogP) is 6.71. The minimum Gasteiger partial charge on any atom is -0.355 e. The minimum absolute atomic E-state index is 0.183. The number of aryl methyl sites for hydroxylation is 2. The summed E-state index contributed by atoms with van der Waals surface area (Å²) in [4.78, 5) is 21.9. The topological polar surface area (TPSA) is 91.0 Å². The van der Waals surface area contributed by atoms with Crippen molar-refractivity contribution in [1.82, 2.24) is 15.3 Å². The predicted molar refractivity (Wildman–Crippen MR) is 156 cm³/mol. The van der Waals surface area contributed by atoms with Crippen LogP contribution >= 0.6 is 0 Å². The maximum Gasteiger partial charge on any atom is 0.255 e. The van der Waals surface area contributed by atoms with E-state index in [9.17, 15) is 4.79 Å². The second-order valence-electron chi connectivity index (χ2n) is 9.24. The van der Waals surface area contributed by atoms with Crippen LogP contribution in [0.2, 0.25) is 0 Å². The zero-order chi connectivity index (χ0) is 26.5. The molecule has 0 radical (unpaired) electrons. The Bertz CT molecular complexity index is 1610. The van der Waals surface area contributed by atoms with Gasteiger partial charge in [-0.1, -0.05) is 12.1 Å². The first-order valence-corrected chi connectivity index (χ1v) is 12.5. The smallest absolute Gasteiger partial charge is 0.255 e. The van der Waals surface area contributed by atoms with Gasteiger partial charge >= 0.3 is 0 Å². The van der Waals surface area contributed by atoms with Crippen molar-refractivity contribution in [1.29, 1.82) is 0 Å². The van der Waals surface area contributed by atoms with Crippen molar-refractivity contribution in [2.24, 2.45) is 0 Å². The summed E-state index contributed by atoms with van der Waals surface area (Å²) in [6.07, 6.45) is 3.56. The van der Waals surface area contributed by atoms with E-state index in [1.807, 2.05) is 74.6 Å². The standard InChI is InChI=1S/C31H30N6O/c1-20-14-30-28(17-23(20)19-32-3)29(11-13-34-30)36-24-7-4-6-22(16-24)31(38)37-26-9-5-8-25(18-26)35-27-10-12-33-21(2)15-27/h4-18,32H,19H2,1-3H3,(H,33,35)(H,34,36)(H,37,38). The van der Waals surface area contributed by atoms with Gasteiger partial charge in [0.25, 0.3) is 5.91 Å². The van der Waals surface area contributed by atoms with E-state index in [1.54, 1.807) is 18.5 Å². The third kappa shape index (κ3) is 5.79. The Morgan fingerprint density at radius 2 is 1.50 bits per heavy atom. The fourth-order valence-electron chi connectivity index (χ4n) is 4.39. The monoisotopic (exact) mass is 502 g/mol. The highest BCUT2D eigenvalue weighted by atomic mass is 16.1. The van der Waals surface area contributed by atoms with E-state index in [-0.39, 0.29) is 5.91 Å². The number of pyridine rings is 2. The molecule has 0 saturated heterocycles. The van der Waals surface area contributed by atoms with Gasteiger partial charge < -0.3 is 21.3 Å². The molecule has 190 valence electrons. The largest absolute Gasteiger partial charge is 0.355 e. The molecule has 3 aromatic carbocycles. The summed E-state index contributed by atoms with van der Waals surface area (Å²) in [5.74, 6) is -0.183. The highest BCUT2D eigenvalue weighted by Crippen LogP contribution is 2.28.